The van der Waals surface area contributed by atoms with E-state index in [1.54, 1.807) is 45.2 Å². The van der Waals surface area contributed by atoms with Crippen LogP contribution in [0, 0.1) is 12.7 Å². The van der Waals surface area contributed by atoms with Crippen molar-refractivity contribution in [2.45, 2.75) is 33.3 Å². The SMILES string of the molecule is Cc1ccc(-c2csc(N)c2C(=O)OC(C)(C)C)cc1F. The Balaban J connectivity index is 2.47. The van der Waals surface area contributed by atoms with Gasteiger partial charge in [-0.05, 0) is 44.9 Å². The topological polar surface area (TPSA) is 52.3 Å². The Kier molecular flexibility index (Phi) is 4.05. The lowest BCUT2D eigenvalue weighted by molar-refractivity contribution is 0.00722. The molecule has 3 nitrogen and oxygen atoms in total. The second-order valence-corrected chi connectivity index (χ2v) is 6.77. The molecule has 2 aromatic rings. The van der Waals surface area contributed by atoms with Crippen LogP contribution < -0.4 is 5.73 Å². The maximum absolute atomic E-state index is 13.7. The monoisotopic (exact) mass is 307 g/mol. The van der Waals surface area contributed by atoms with Crippen molar-refractivity contribution in [3.63, 3.8) is 0 Å². The van der Waals surface area contributed by atoms with Crippen molar-refractivity contribution < 1.29 is 13.9 Å². The van der Waals surface area contributed by atoms with Gasteiger partial charge in [-0.25, -0.2) is 9.18 Å². The second kappa shape index (κ2) is 5.48. The van der Waals surface area contributed by atoms with Crippen LogP contribution in [0.2, 0.25) is 0 Å². The van der Waals surface area contributed by atoms with Gasteiger partial charge in [-0.15, -0.1) is 11.3 Å². The zero-order chi connectivity index (χ0) is 15.8. The van der Waals surface area contributed by atoms with E-state index in [2.05, 4.69) is 0 Å². The molecule has 0 amide bonds. The summed E-state index contributed by atoms with van der Waals surface area (Å²) in [6, 6.07) is 4.86. The summed E-state index contributed by atoms with van der Waals surface area (Å²) in [4.78, 5) is 12.3. The van der Waals surface area contributed by atoms with Gasteiger partial charge in [-0.2, -0.15) is 0 Å². The molecular formula is C16H18FNO2S. The highest BCUT2D eigenvalue weighted by Crippen LogP contribution is 2.35. The first-order valence-electron chi connectivity index (χ1n) is 6.56. The number of aryl methyl sites for hydroxylation is 1. The van der Waals surface area contributed by atoms with Gasteiger partial charge >= 0.3 is 5.97 Å². The summed E-state index contributed by atoms with van der Waals surface area (Å²) in [7, 11) is 0. The van der Waals surface area contributed by atoms with Crippen molar-refractivity contribution in [1.82, 2.24) is 0 Å². The molecule has 0 saturated carbocycles. The normalized spacial score (nSPS) is 11.5. The molecule has 0 radical (unpaired) electrons. The molecule has 0 atom stereocenters. The van der Waals surface area contributed by atoms with Gasteiger partial charge < -0.3 is 10.5 Å². The van der Waals surface area contributed by atoms with Gasteiger partial charge in [-0.1, -0.05) is 12.1 Å². The fraction of sp³-hybridized carbons (Fsp3) is 0.312. The van der Waals surface area contributed by atoms with Gasteiger partial charge in [0.2, 0.25) is 0 Å². The lowest BCUT2D eigenvalue weighted by atomic mass is 10.0. The quantitative estimate of drug-likeness (QED) is 0.837. The Hall–Kier alpha value is -1.88. The van der Waals surface area contributed by atoms with E-state index in [0.29, 0.717) is 27.3 Å². The van der Waals surface area contributed by atoms with Gasteiger partial charge in [0.1, 0.15) is 22.0 Å². The van der Waals surface area contributed by atoms with Crippen LogP contribution in [-0.4, -0.2) is 11.6 Å². The highest BCUT2D eigenvalue weighted by atomic mass is 32.1. The lowest BCUT2D eigenvalue weighted by Crippen LogP contribution is -2.24. The molecule has 112 valence electrons. The molecule has 0 aliphatic heterocycles. The third-order valence-corrected chi connectivity index (χ3v) is 3.72. The van der Waals surface area contributed by atoms with Gasteiger partial charge in [-0.3, -0.25) is 0 Å². The second-order valence-electron chi connectivity index (χ2n) is 5.85. The summed E-state index contributed by atoms with van der Waals surface area (Å²) in [5.74, 6) is -0.801. The van der Waals surface area contributed by atoms with Crippen LogP contribution in [0.3, 0.4) is 0 Å². The number of anilines is 1. The first kappa shape index (κ1) is 15.5. The van der Waals surface area contributed by atoms with Crippen molar-refractivity contribution in [3.05, 3.63) is 40.5 Å². The van der Waals surface area contributed by atoms with Crippen LogP contribution in [0.25, 0.3) is 11.1 Å². The fourth-order valence-corrected chi connectivity index (χ4v) is 2.70. The minimum Gasteiger partial charge on any atom is -0.456 e. The summed E-state index contributed by atoms with van der Waals surface area (Å²) in [5.41, 5.74) is 7.36. The van der Waals surface area contributed by atoms with Gasteiger partial charge in [0.25, 0.3) is 0 Å². The van der Waals surface area contributed by atoms with Gasteiger partial charge in [0.05, 0.1) is 0 Å². The number of ether oxygens (including phenoxy) is 1. The van der Waals surface area contributed by atoms with E-state index in [1.807, 2.05) is 0 Å². The lowest BCUT2D eigenvalue weighted by Gasteiger charge is -2.20. The number of nitrogen functional groups attached to an aromatic ring is 1. The number of nitrogens with two attached hydrogens (primary N) is 1. The Morgan fingerprint density at radius 2 is 2.00 bits per heavy atom. The highest BCUT2D eigenvalue weighted by Gasteiger charge is 2.24. The standard InChI is InChI=1S/C16H18FNO2S/c1-9-5-6-10(7-12(9)17)11-8-21-14(18)13(11)15(19)20-16(2,3)4/h5-8H,18H2,1-4H3. The first-order valence-corrected chi connectivity index (χ1v) is 7.44. The van der Waals surface area contributed by atoms with Crippen LogP contribution >= 0.6 is 11.3 Å². The molecule has 2 N–H and O–H groups in total. The van der Waals surface area contributed by atoms with Crippen LogP contribution in [0.5, 0.6) is 0 Å². The molecule has 5 heteroatoms. The van der Waals surface area contributed by atoms with Crippen LogP contribution in [0.15, 0.2) is 23.6 Å². The summed E-state index contributed by atoms with van der Waals surface area (Å²) < 4.78 is 19.1. The van der Waals surface area contributed by atoms with Crippen molar-refractivity contribution in [1.29, 1.82) is 0 Å². The molecule has 0 fully saturated rings. The minimum absolute atomic E-state index is 0.304. The number of halogens is 1. The number of hydrogen-bond acceptors (Lipinski definition) is 4. The molecule has 1 aromatic carbocycles. The Labute approximate surface area is 127 Å². The molecule has 21 heavy (non-hydrogen) atoms. The first-order chi connectivity index (χ1) is 9.69. The molecule has 0 aliphatic rings. The number of carbonyl (C=O) groups is 1. The molecule has 0 spiro atoms. The Bertz CT molecular complexity index is 686. The number of benzene rings is 1. The average molecular weight is 307 g/mol. The van der Waals surface area contributed by atoms with E-state index in [-0.39, 0.29) is 5.82 Å². The molecule has 2 rings (SSSR count). The van der Waals surface area contributed by atoms with Crippen LogP contribution in [0.1, 0.15) is 36.7 Å². The number of thiophene rings is 1. The smallest absolute Gasteiger partial charge is 0.342 e. The van der Waals surface area contributed by atoms with Crippen molar-refractivity contribution in [3.8, 4) is 11.1 Å². The van der Waals surface area contributed by atoms with Crippen LogP contribution in [-0.2, 0) is 4.74 Å². The Morgan fingerprint density at radius 1 is 1.33 bits per heavy atom. The highest BCUT2D eigenvalue weighted by molar-refractivity contribution is 7.14. The number of esters is 1. The van der Waals surface area contributed by atoms with E-state index in [9.17, 15) is 9.18 Å². The van der Waals surface area contributed by atoms with Gasteiger partial charge in [0, 0.05) is 10.9 Å². The largest absolute Gasteiger partial charge is 0.456 e. The summed E-state index contributed by atoms with van der Waals surface area (Å²) in [6.45, 7) is 7.06. The number of rotatable bonds is 2. The predicted octanol–water partition coefficient (Wildman–Crippen LogP) is 4.40. The average Bonchev–Trinajstić information content (AvgIpc) is 2.72. The maximum Gasteiger partial charge on any atom is 0.342 e. The maximum atomic E-state index is 13.7. The third-order valence-electron chi connectivity index (χ3n) is 2.91. The van der Waals surface area contributed by atoms with Gasteiger partial charge in [0.15, 0.2) is 0 Å². The Morgan fingerprint density at radius 3 is 2.57 bits per heavy atom. The molecule has 0 saturated heterocycles. The van der Waals surface area contributed by atoms with E-state index < -0.39 is 11.6 Å². The molecule has 0 unspecified atom stereocenters. The van der Waals surface area contributed by atoms with Crippen molar-refractivity contribution in [2.75, 3.05) is 5.73 Å². The zero-order valence-corrected chi connectivity index (χ0v) is 13.3. The molecule has 1 aromatic heterocycles. The summed E-state index contributed by atoms with van der Waals surface area (Å²) >= 11 is 1.24. The molecule has 0 bridgehead atoms. The van der Waals surface area contributed by atoms with E-state index in [1.165, 1.54) is 17.4 Å². The zero-order valence-electron chi connectivity index (χ0n) is 12.5. The fourth-order valence-electron chi connectivity index (χ4n) is 1.89. The molecule has 1 heterocycles. The van der Waals surface area contributed by atoms with Crippen molar-refractivity contribution in [2.24, 2.45) is 0 Å². The van der Waals surface area contributed by atoms with E-state index >= 15 is 0 Å². The summed E-state index contributed by atoms with van der Waals surface area (Å²) in [6.07, 6.45) is 0. The molecule has 0 aliphatic carbocycles. The van der Waals surface area contributed by atoms with Crippen LogP contribution in [0.4, 0.5) is 9.39 Å². The number of carbonyl (C=O) groups excluding carboxylic acids is 1. The summed E-state index contributed by atoms with van der Waals surface area (Å²) in [5, 5.41) is 2.12. The third kappa shape index (κ3) is 3.42. The molecular weight excluding hydrogens is 289 g/mol. The van der Waals surface area contributed by atoms with E-state index in [0.717, 1.165) is 0 Å². The minimum atomic E-state index is -0.610. The predicted molar refractivity (Wildman–Crippen MR) is 84.0 cm³/mol. The van der Waals surface area contributed by atoms with E-state index in [4.69, 9.17) is 10.5 Å². The number of hydrogen-bond donors (Lipinski definition) is 1. The van der Waals surface area contributed by atoms with Crippen molar-refractivity contribution >= 4 is 22.3 Å².